The summed E-state index contributed by atoms with van der Waals surface area (Å²) in [5.41, 5.74) is 1.74. The molecule has 0 spiro atoms. The zero-order valence-corrected chi connectivity index (χ0v) is 14.3. The van der Waals surface area contributed by atoms with Gasteiger partial charge in [-0.1, -0.05) is 48.5 Å². The predicted molar refractivity (Wildman–Crippen MR) is 96.1 cm³/mol. The van der Waals surface area contributed by atoms with Crippen molar-refractivity contribution in [2.75, 3.05) is 26.0 Å². The van der Waals surface area contributed by atoms with E-state index in [0.717, 1.165) is 24.2 Å². The highest BCUT2D eigenvalue weighted by molar-refractivity contribution is 5.85. The van der Waals surface area contributed by atoms with E-state index in [9.17, 15) is 4.79 Å². The molecule has 1 unspecified atom stereocenters. The van der Waals surface area contributed by atoms with Crippen molar-refractivity contribution in [2.45, 2.75) is 12.5 Å². The Morgan fingerprint density at radius 2 is 1.61 bits per heavy atom. The van der Waals surface area contributed by atoms with Crippen molar-refractivity contribution in [3.63, 3.8) is 0 Å². The Morgan fingerprint density at radius 1 is 1.04 bits per heavy atom. The van der Waals surface area contributed by atoms with Crippen LogP contribution in [0.5, 0.6) is 0 Å². The van der Waals surface area contributed by atoms with Crippen molar-refractivity contribution >= 4 is 24.2 Å². The van der Waals surface area contributed by atoms with E-state index < -0.39 is 6.09 Å². The minimum atomic E-state index is -0.432. The number of amides is 1. The molecule has 23 heavy (non-hydrogen) atoms. The number of benzene rings is 2. The Balaban J connectivity index is 0.00000264. The summed E-state index contributed by atoms with van der Waals surface area (Å²) in [5.74, 6) is 0. The first-order valence-corrected chi connectivity index (χ1v) is 7.37. The van der Waals surface area contributed by atoms with E-state index in [2.05, 4.69) is 10.2 Å². The van der Waals surface area contributed by atoms with E-state index >= 15 is 0 Å². The number of rotatable bonds is 6. The van der Waals surface area contributed by atoms with Crippen LogP contribution in [-0.2, 0) is 4.74 Å². The molecule has 0 aliphatic heterocycles. The number of para-hydroxylation sites is 1. The summed E-state index contributed by atoms with van der Waals surface area (Å²) in [6.07, 6.45) is 0.0605. The molecule has 2 rings (SSSR count). The lowest BCUT2D eigenvalue weighted by atomic mass is 10.1. The molecular formula is C18H23ClN2O2. The number of nitrogens with zero attached hydrogens (tertiary/aromatic N) is 1. The van der Waals surface area contributed by atoms with Crippen LogP contribution >= 0.6 is 12.4 Å². The highest BCUT2D eigenvalue weighted by Crippen LogP contribution is 2.22. The van der Waals surface area contributed by atoms with Crippen molar-refractivity contribution < 1.29 is 9.53 Å². The number of carbonyl (C=O) groups is 1. The first-order valence-electron chi connectivity index (χ1n) is 7.37. The number of nitrogens with one attached hydrogen (secondary N) is 1. The summed E-state index contributed by atoms with van der Waals surface area (Å²) < 4.78 is 5.61. The number of anilines is 1. The third kappa shape index (κ3) is 6.72. The van der Waals surface area contributed by atoms with Gasteiger partial charge in [0.05, 0.1) is 0 Å². The van der Waals surface area contributed by atoms with Crippen LogP contribution in [0.4, 0.5) is 10.5 Å². The molecule has 1 amide bonds. The Hall–Kier alpha value is -2.04. The first-order chi connectivity index (χ1) is 10.6. The normalized spacial score (nSPS) is 11.4. The van der Waals surface area contributed by atoms with Gasteiger partial charge in [0.15, 0.2) is 0 Å². The van der Waals surface area contributed by atoms with Crippen molar-refractivity contribution in [1.29, 1.82) is 0 Å². The lowest BCUT2D eigenvalue weighted by Gasteiger charge is -2.20. The zero-order chi connectivity index (χ0) is 15.8. The molecule has 0 bridgehead atoms. The minimum Gasteiger partial charge on any atom is -0.441 e. The molecule has 0 saturated heterocycles. The number of ether oxygens (including phenoxy) is 1. The van der Waals surface area contributed by atoms with Gasteiger partial charge in [0, 0.05) is 18.7 Å². The molecule has 1 atom stereocenters. The van der Waals surface area contributed by atoms with Gasteiger partial charge in [-0.3, -0.25) is 5.32 Å². The van der Waals surface area contributed by atoms with Crippen molar-refractivity contribution in [3.05, 3.63) is 66.2 Å². The van der Waals surface area contributed by atoms with Crippen LogP contribution in [0.3, 0.4) is 0 Å². The number of hydrogen-bond donors (Lipinski definition) is 1. The highest BCUT2D eigenvalue weighted by Gasteiger charge is 2.17. The molecule has 1 N–H and O–H groups in total. The monoisotopic (exact) mass is 334 g/mol. The van der Waals surface area contributed by atoms with Crippen LogP contribution < -0.4 is 5.32 Å². The van der Waals surface area contributed by atoms with E-state index in [0.29, 0.717) is 0 Å². The molecule has 4 nitrogen and oxygen atoms in total. The summed E-state index contributed by atoms with van der Waals surface area (Å²) in [4.78, 5) is 14.2. The van der Waals surface area contributed by atoms with Crippen molar-refractivity contribution in [1.82, 2.24) is 4.90 Å². The first kappa shape index (κ1) is 19.0. The van der Waals surface area contributed by atoms with Gasteiger partial charge in [-0.15, -0.1) is 12.4 Å². The second kappa shape index (κ2) is 9.87. The maximum atomic E-state index is 12.1. The maximum absolute atomic E-state index is 12.1. The predicted octanol–water partition coefficient (Wildman–Crippen LogP) is 4.35. The second-order valence-electron chi connectivity index (χ2n) is 5.39. The molecule has 0 aliphatic rings. The van der Waals surface area contributed by atoms with Gasteiger partial charge in [0.2, 0.25) is 0 Å². The van der Waals surface area contributed by atoms with Gasteiger partial charge in [-0.05, 0) is 31.8 Å². The molecular weight excluding hydrogens is 312 g/mol. The van der Waals surface area contributed by atoms with E-state index in [4.69, 9.17) is 4.74 Å². The van der Waals surface area contributed by atoms with E-state index in [1.807, 2.05) is 74.8 Å². The van der Waals surface area contributed by atoms with Crippen LogP contribution in [0.25, 0.3) is 0 Å². The van der Waals surface area contributed by atoms with Crippen LogP contribution in [0.1, 0.15) is 18.1 Å². The van der Waals surface area contributed by atoms with E-state index in [1.165, 1.54) is 0 Å². The average Bonchev–Trinajstić information content (AvgIpc) is 2.53. The topological polar surface area (TPSA) is 41.6 Å². The zero-order valence-electron chi connectivity index (χ0n) is 13.4. The Bertz CT molecular complexity index is 576. The number of hydrogen-bond acceptors (Lipinski definition) is 3. The minimum absolute atomic E-state index is 0. The van der Waals surface area contributed by atoms with Crippen LogP contribution in [0.15, 0.2) is 60.7 Å². The van der Waals surface area contributed by atoms with Crippen molar-refractivity contribution in [3.8, 4) is 0 Å². The molecule has 0 saturated carbocycles. The SMILES string of the molecule is CN(C)CCC(OC(=O)Nc1ccccc1)c1ccccc1.Cl. The fourth-order valence-electron chi connectivity index (χ4n) is 2.13. The highest BCUT2D eigenvalue weighted by atomic mass is 35.5. The van der Waals surface area contributed by atoms with Crippen LogP contribution in [0, 0.1) is 0 Å². The van der Waals surface area contributed by atoms with Gasteiger partial charge >= 0.3 is 6.09 Å². The Kier molecular flexibility index (Phi) is 8.16. The summed E-state index contributed by atoms with van der Waals surface area (Å²) in [6.45, 7) is 0.845. The molecule has 5 heteroatoms. The molecule has 0 aromatic heterocycles. The summed E-state index contributed by atoms with van der Waals surface area (Å²) in [7, 11) is 4.01. The number of halogens is 1. The third-order valence-corrected chi connectivity index (χ3v) is 3.28. The molecule has 0 aliphatic carbocycles. The Labute approximate surface area is 143 Å². The summed E-state index contributed by atoms with van der Waals surface area (Å²) in [6, 6.07) is 19.1. The Morgan fingerprint density at radius 3 is 2.17 bits per heavy atom. The third-order valence-electron chi connectivity index (χ3n) is 3.28. The second-order valence-corrected chi connectivity index (χ2v) is 5.39. The van der Waals surface area contributed by atoms with Crippen LogP contribution in [-0.4, -0.2) is 31.6 Å². The average molecular weight is 335 g/mol. The summed E-state index contributed by atoms with van der Waals surface area (Å²) in [5, 5.41) is 2.76. The quantitative estimate of drug-likeness (QED) is 0.853. The molecule has 0 radical (unpaired) electrons. The molecule has 124 valence electrons. The van der Waals surface area contributed by atoms with Gasteiger partial charge in [0.25, 0.3) is 0 Å². The molecule has 2 aromatic rings. The van der Waals surface area contributed by atoms with Gasteiger partial charge < -0.3 is 9.64 Å². The van der Waals surface area contributed by atoms with Gasteiger partial charge in [-0.2, -0.15) is 0 Å². The van der Waals surface area contributed by atoms with Crippen molar-refractivity contribution in [2.24, 2.45) is 0 Å². The van der Waals surface area contributed by atoms with Gasteiger partial charge in [-0.25, -0.2) is 4.79 Å². The smallest absolute Gasteiger partial charge is 0.412 e. The largest absolute Gasteiger partial charge is 0.441 e. The molecule has 0 heterocycles. The molecule has 0 fully saturated rings. The maximum Gasteiger partial charge on any atom is 0.412 e. The fourth-order valence-corrected chi connectivity index (χ4v) is 2.13. The lowest BCUT2D eigenvalue weighted by molar-refractivity contribution is 0.1000. The molecule has 2 aromatic carbocycles. The summed E-state index contributed by atoms with van der Waals surface area (Å²) >= 11 is 0. The standard InChI is InChI=1S/C18H22N2O2.ClH/c1-20(2)14-13-17(15-9-5-3-6-10-15)22-18(21)19-16-11-7-4-8-12-16;/h3-12,17H,13-14H2,1-2H3,(H,19,21);1H. The number of carbonyl (C=O) groups excluding carboxylic acids is 1. The van der Waals surface area contributed by atoms with Crippen LogP contribution in [0.2, 0.25) is 0 Å². The van der Waals surface area contributed by atoms with E-state index in [-0.39, 0.29) is 18.5 Å². The van der Waals surface area contributed by atoms with E-state index in [1.54, 1.807) is 0 Å². The lowest BCUT2D eigenvalue weighted by Crippen LogP contribution is -2.21. The fraction of sp³-hybridized carbons (Fsp3) is 0.278. The van der Waals surface area contributed by atoms with Gasteiger partial charge in [0.1, 0.15) is 6.10 Å².